The third-order valence-corrected chi connectivity index (χ3v) is 4.58. The number of carbonyl (C=O) groups excluding carboxylic acids is 1. The van der Waals surface area contributed by atoms with Crippen molar-refractivity contribution in [1.82, 2.24) is 4.90 Å². The zero-order chi connectivity index (χ0) is 12.3. The second-order valence-electron chi connectivity index (χ2n) is 3.80. The van der Waals surface area contributed by atoms with Crippen molar-refractivity contribution in [2.24, 2.45) is 0 Å². The molecule has 0 saturated heterocycles. The molecular formula is C10H15NO3S2. The molecule has 0 saturated carbocycles. The van der Waals surface area contributed by atoms with Gasteiger partial charge in [-0.3, -0.25) is 4.79 Å². The monoisotopic (exact) mass is 261 g/mol. The van der Waals surface area contributed by atoms with E-state index in [-0.39, 0.29) is 5.91 Å². The van der Waals surface area contributed by atoms with Crippen LogP contribution in [0.15, 0.2) is 16.8 Å². The first-order valence-corrected chi connectivity index (χ1v) is 7.67. The molecule has 1 amide bonds. The number of hydrogen-bond acceptors (Lipinski definition) is 4. The molecular weight excluding hydrogens is 246 g/mol. The van der Waals surface area contributed by atoms with Crippen LogP contribution in [0.3, 0.4) is 0 Å². The number of carbonyl (C=O) groups is 1. The lowest BCUT2D eigenvalue weighted by Crippen LogP contribution is -2.38. The highest BCUT2D eigenvalue weighted by Gasteiger charge is 2.26. The van der Waals surface area contributed by atoms with Crippen LogP contribution < -0.4 is 0 Å². The Labute approximate surface area is 99.8 Å². The zero-order valence-corrected chi connectivity index (χ0v) is 11.1. The zero-order valence-electron chi connectivity index (χ0n) is 9.50. The van der Waals surface area contributed by atoms with E-state index in [1.165, 1.54) is 11.8 Å². The molecule has 0 unspecified atom stereocenters. The van der Waals surface area contributed by atoms with Gasteiger partial charge in [0.1, 0.15) is 5.25 Å². The maximum atomic E-state index is 11.8. The fourth-order valence-electron chi connectivity index (χ4n) is 1.23. The van der Waals surface area contributed by atoms with Crippen molar-refractivity contribution in [1.29, 1.82) is 0 Å². The van der Waals surface area contributed by atoms with Crippen LogP contribution in [0.5, 0.6) is 0 Å². The Morgan fingerprint density at radius 2 is 2.19 bits per heavy atom. The van der Waals surface area contributed by atoms with E-state index in [0.717, 1.165) is 11.8 Å². The summed E-state index contributed by atoms with van der Waals surface area (Å²) >= 11 is 1.55. The minimum Gasteiger partial charge on any atom is -0.340 e. The van der Waals surface area contributed by atoms with Crippen molar-refractivity contribution in [3.8, 4) is 0 Å². The lowest BCUT2D eigenvalue weighted by Gasteiger charge is -2.19. The average Bonchev–Trinajstić information content (AvgIpc) is 2.66. The standard InChI is InChI=1S/C10H15NO3S2/c1-8(16(3,13)14)10(12)11(2)6-9-4-5-15-7-9/h4-5,7-8H,6H2,1-3H3/t8-/m0/s1. The fourth-order valence-corrected chi connectivity index (χ4v) is 2.43. The van der Waals surface area contributed by atoms with E-state index in [4.69, 9.17) is 0 Å². The molecule has 1 rings (SSSR count). The molecule has 1 aromatic heterocycles. The molecule has 0 fully saturated rings. The Hall–Kier alpha value is -0.880. The molecule has 0 aliphatic heterocycles. The highest BCUT2D eigenvalue weighted by molar-refractivity contribution is 7.92. The van der Waals surface area contributed by atoms with E-state index >= 15 is 0 Å². The summed E-state index contributed by atoms with van der Waals surface area (Å²) in [5.74, 6) is -0.367. The van der Waals surface area contributed by atoms with Gasteiger partial charge in [-0.25, -0.2) is 8.42 Å². The van der Waals surface area contributed by atoms with Crippen molar-refractivity contribution >= 4 is 27.1 Å². The molecule has 6 heteroatoms. The van der Waals surface area contributed by atoms with Gasteiger partial charge in [-0.15, -0.1) is 0 Å². The van der Waals surface area contributed by atoms with Gasteiger partial charge >= 0.3 is 0 Å². The fraction of sp³-hybridized carbons (Fsp3) is 0.500. The van der Waals surface area contributed by atoms with Gasteiger partial charge in [0.25, 0.3) is 0 Å². The average molecular weight is 261 g/mol. The molecule has 1 atom stereocenters. The van der Waals surface area contributed by atoms with Crippen LogP contribution in [0.2, 0.25) is 0 Å². The Bertz CT molecular complexity index is 450. The third kappa shape index (κ3) is 3.31. The summed E-state index contributed by atoms with van der Waals surface area (Å²) in [4.78, 5) is 13.2. The number of sulfone groups is 1. The number of hydrogen-bond donors (Lipinski definition) is 0. The van der Waals surface area contributed by atoms with Gasteiger partial charge in [0.15, 0.2) is 9.84 Å². The minimum atomic E-state index is -3.31. The van der Waals surface area contributed by atoms with Gasteiger partial charge < -0.3 is 4.90 Å². The molecule has 0 aromatic carbocycles. The second kappa shape index (κ2) is 4.97. The summed E-state index contributed by atoms with van der Waals surface area (Å²) in [6.45, 7) is 1.87. The Morgan fingerprint density at radius 3 is 2.62 bits per heavy atom. The largest absolute Gasteiger partial charge is 0.340 e. The summed E-state index contributed by atoms with van der Waals surface area (Å²) in [5, 5.41) is 2.89. The number of nitrogens with zero attached hydrogens (tertiary/aromatic N) is 1. The topological polar surface area (TPSA) is 54.5 Å². The molecule has 1 heterocycles. The lowest BCUT2D eigenvalue weighted by molar-refractivity contribution is -0.129. The molecule has 4 nitrogen and oxygen atoms in total. The molecule has 16 heavy (non-hydrogen) atoms. The SMILES string of the molecule is C[C@@H](C(=O)N(C)Cc1ccsc1)S(C)(=O)=O. The van der Waals surface area contributed by atoms with Crippen LogP contribution in [-0.2, 0) is 21.2 Å². The first-order chi connectivity index (χ1) is 7.32. The third-order valence-electron chi connectivity index (χ3n) is 2.37. The van der Waals surface area contributed by atoms with Gasteiger partial charge in [0, 0.05) is 19.8 Å². The lowest BCUT2D eigenvalue weighted by atomic mass is 10.3. The van der Waals surface area contributed by atoms with E-state index in [9.17, 15) is 13.2 Å². The van der Waals surface area contributed by atoms with Crippen molar-refractivity contribution in [3.63, 3.8) is 0 Å². The van der Waals surface area contributed by atoms with E-state index in [1.807, 2.05) is 16.8 Å². The van der Waals surface area contributed by atoms with Crippen LogP contribution >= 0.6 is 11.3 Å². The summed E-state index contributed by atoms with van der Waals surface area (Å²) in [6.07, 6.45) is 1.08. The summed E-state index contributed by atoms with van der Waals surface area (Å²) in [7, 11) is -1.70. The van der Waals surface area contributed by atoms with E-state index in [1.54, 1.807) is 18.4 Å². The summed E-state index contributed by atoms with van der Waals surface area (Å²) < 4.78 is 22.5. The van der Waals surface area contributed by atoms with Crippen molar-refractivity contribution in [2.75, 3.05) is 13.3 Å². The Balaban J connectivity index is 2.68. The van der Waals surface area contributed by atoms with Crippen molar-refractivity contribution < 1.29 is 13.2 Å². The first-order valence-electron chi connectivity index (χ1n) is 4.77. The number of thiophene rings is 1. The van der Waals surface area contributed by atoms with Gasteiger partial charge in [-0.05, 0) is 29.3 Å². The number of amides is 1. The predicted molar refractivity (Wildman–Crippen MR) is 65.1 cm³/mol. The molecule has 0 spiro atoms. The molecule has 0 aliphatic rings. The van der Waals surface area contributed by atoms with Crippen LogP contribution in [0.1, 0.15) is 12.5 Å². The van der Waals surface area contributed by atoms with Crippen molar-refractivity contribution in [3.05, 3.63) is 22.4 Å². The summed E-state index contributed by atoms with van der Waals surface area (Å²) in [5.41, 5.74) is 1.02. The van der Waals surface area contributed by atoms with Crippen LogP contribution in [0.25, 0.3) is 0 Å². The van der Waals surface area contributed by atoms with Gasteiger partial charge in [-0.1, -0.05) is 0 Å². The Kier molecular flexibility index (Phi) is 4.09. The quantitative estimate of drug-likeness (QED) is 0.816. The van der Waals surface area contributed by atoms with E-state index < -0.39 is 15.1 Å². The molecule has 0 bridgehead atoms. The number of rotatable bonds is 4. The van der Waals surface area contributed by atoms with E-state index in [2.05, 4.69) is 0 Å². The van der Waals surface area contributed by atoms with Crippen LogP contribution in [0, 0.1) is 0 Å². The Morgan fingerprint density at radius 1 is 1.56 bits per heavy atom. The molecule has 0 aliphatic carbocycles. The van der Waals surface area contributed by atoms with Gasteiger partial charge in [0.05, 0.1) is 0 Å². The molecule has 0 N–H and O–H groups in total. The highest BCUT2D eigenvalue weighted by atomic mass is 32.2. The highest BCUT2D eigenvalue weighted by Crippen LogP contribution is 2.10. The normalized spacial score (nSPS) is 13.4. The van der Waals surface area contributed by atoms with Gasteiger partial charge in [-0.2, -0.15) is 11.3 Å². The minimum absolute atomic E-state index is 0.367. The second-order valence-corrected chi connectivity index (χ2v) is 6.94. The summed E-state index contributed by atoms with van der Waals surface area (Å²) in [6, 6.07) is 1.92. The maximum absolute atomic E-state index is 11.8. The molecule has 90 valence electrons. The van der Waals surface area contributed by atoms with E-state index in [0.29, 0.717) is 6.54 Å². The molecule has 0 radical (unpaired) electrons. The smallest absolute Gasteiger partial charge is 0.240 e. The van der Waals surface area contributed by atoms with Crippen LogP contribution in [-0.4, -0.2) is 37.8 Å². The predicted octanol–water partition coefficient (Wildman–Crippen LogP) is 1.14. The maximum Gasteiger partial charge on any atom is 0.240 e. The van der Waals surface area contributed by atoms with Gasteiger partial charge in [0.2, 0.25) is 5.91 Å². The van der Waals surface area contributed by atoms with Crippen molar-refractivity contribution in [2.45, 2.75) is 18.7 Å². The molecule has 1 aromatic rings. The first kappa shape index (κ1) is 13.2. The van der Waals surface area contributed by atoms with Crippen LogP contribution in [0.4, 0.5) is 0 Å².